The molecule has 4 heteroatoms. The lowest BCUT2D eigenvalue weighted by Crippen LogP contribution is -1.98. The molecule has 0 aliphatic heterocycles. The minimum atomic E-state index is -0.116. The Morgan fingerprint density at radius 1 is 1.29 bits per heavy atom. The second-order valence-electron chi connectivity index (χ2n) is 1.07. The van der Waals surface area contributed by atoms with E-state index in [1.54, 1.807) is 0 Å². The van der Waals surface area contributed by atoms with Crippen molar-refractivity contribution >= 4 is 60.4 Å². The first kappa shape index (κ1) is 8.79. The van der Waals surface area contributed by atoms with Gasteiger partial charge in [-0.2, -0.15) is 0 Å². The molecule has 43 valence electrons. The quantitative estimate of drug-likeness (QED) is 0.651. The van der Waals surface area contributed by atoms with Crippen molar-refractivity contribution in [1.29, 1.82) is 0 Å². The second kappa shape index (κ2) is 3.75. The monoisotopic (exact) mass is 309 g/mol. The van der Waals surface area contributed by atoms with Crippen LogP contribution in [-0.2, 0) is 0 Å². The van der Waals surface area contributed by atoms with Crippen molar-refractivity contribution in [2.45, 2.75) is 8.56 Å². The lowest BCUT2D eigenvalue weighted by Gasteiger charge is -2.06. The Morgan fingerprint density at radius 3 is 1.71 bits per heavy atom. The molecule has 0 rings (SSSR count). The van der Waals surface area contributed by atoms with Crippen LogP contribution in [0.5, 0.6) is 0 Å². The summed E-state index contributed by atoms with van der Waals surface area (Å²) in [4.78, 5) is 0. The van der Waals surface area contributed by atoms with Crippen molar-refractivity contribution in [2.75, 3.05) is 5.75 Å². The van der Waals surface area contributed by atoms with Crippen molar-refractivity contribution in [1.82, 2.24) is 0 Å². The maximum Gasteiger partial charge on any atom is 0.135 e. The third-order valence-corrected chi connectivity index (χ3v) is 1.78. The van der Waals surface area contributed by atoms with Crippen molar-refractivity contribution < 1.29 is 0 Å². The van der Waals surface area contributed by atoms with Crippen LogP contribution >= 0.6 is 60.4 Å². The molecule has 0 saturated carbocycles. The van der Waals surface area contributed by atoms with Crippen LogP contribution in [0.2, 0.25) is 0 Å². The van der Waals surface area contributed by atoms with Gasteiger partial charge in [0.15, 0.2) is 0 Å². The van der Waals surface area contributed by atoms with Gasteiger partial charge in [0, 0.05) is 5.75 Å². The van der Waals surface area contributed by atoms with E-state index in [4.69, 9.17) is 12.6 Å². The summed E-state index contributed by atoms with van der Waals surface area (Å²) in [6, 6.07) is 0. The predicted octanol–water partition coefficient (Wildman–Crippen LogP) is 3.41. The van der Waals surface area contributed by atoms with Crippen molar-refractivity contribution in [3.63, 3.8) is 0 Å². The first-order valence-electron chi connectivity index (χ1n) is 1.71. The molecule has 0 saturated heterocycles. The molecule has 0 aliphatic carbocycles. The molecule has 0 nitrogen and oxygen atoms in total. The molecule has 0 aromatic carbocycles. The van der Waals surface area contributed by atoms with E-state index in [9.17, 15) is 0 Å². The molecule has 0 heterocycles. The van der Waals surface area contributed by atoms with E-state index in [2.05, 4.69) is 47.8 Å². The van der Waals surface area contributed by atoms with Crippen LogP contribution in [0.4, 0.5) is 0 Å². The molecular formula is C3H4Br3S. The summed E-state index contributed by atoms with van der Waals surface area (Å²) in [5.41, 5.74) is 0. The van der Waals surface area contributed by atoms with E-state index in [1.807, 2.05) is 0 Å². The third-order valence-electron chi connectivity index (χ3n) is 0.386. The fraction of sp³-hybridized carbons (Fsp3) is 1.00. The summed E-state index contributed by atoms with van der Waals surface area (Å²) in [6.07, 6.45) is 0.905. The number of halogens is 3. The molecule has 0 amide bonds. The average Bonchev–Trinajstić information content (AvgIpc) is 1.30. The molecule has 0 bridgehead atoms. The van der Waals surface area contributed by atoms with Crippen molar-refractivity contribution in [3.05, 3.63) is 0 Å². The van der Waals surface area contributed by atoms with Gasteiger partial charge in [-0.25, -0.2) is 0 Å². The van der Waals surface area contributed by atoms with E-state index in [0.29, 0.717) is 0 Å². The summed E-state index contributed by atoms with van der Waals surface area (Å²) < 4.78 is -0.116. The van der Waals surface area contributed by atoms with E-state index < -0.39 is 0 Å². The largest absolute Gasteiger partial charge is 0.135 e. The summed E-state index contributed by atoms with van der Waals surface area (Å²) >= 11 is 14.6. The maximum atomic E-state index is 4.71. The zero-order valence-corrected chi connectivity index (χ0v) is 9.03. The highest BCUT2D eigenvalue weighted by atomic mass is 80.0. The van der Waals surface area contributed by atoms with Crippen molar-refractivity contribution in [2.24, 2.45) is 0 Å². The van der Waals surface area contributed by atoms with Crippen LogP contribution in [0.1, 0.15) is 6.42 Å². The minimum Gasteiger partial charge on any atom is -0.0940 e. The van der Waals surface area contributed by atoms with E-state index in [0.717, 1.165) is 12.2 Å². The molecule has 0 atom stereocenters. The Bertz CT molecular complexity index is 48.6. The second-order valence-corrected chi connectivity index (χ2v) is 8.73. The topological polar surface area (TPSA) is 0 Å². The Labute approximate surface area is 74.2 Å². The summed E-state index contributed by atoms with van der Waals surface area (Å²) in [7, 11) is 0. The Balaban J connectivity index is 3.15. The van der Waals surface area contributed by atoms with Gasteiger partial charge in [0.2, 0.25) is 0 Å². The van der Waals surface area contributed by atoms with Gasteiger partial charge in [-0.15, -0.1) is 0 Å². The minimum absolute atomic E-state index is 0.116. The normalized spacial score (nSPS) is 12.0. The van der Waals surface area contributed by atoms with Crippen LogP contribution in [0, 0.1) is 0 Å². The Kier molecular flexibility index (Phi) is 4.71. The summed E-state index contributed by atoms with van der Waals surface area (Å²) in [6.45, 7) is 0. The van der Waals surface area contributed by atoms with Gasteiger partial charge < -0.3 is 0 Å². The fourth-order valence-corrected chi connectivity index (χ4v) is 1.80. The van der Waals surface area contributed by atoms with Gasteiger partial charge in [-0.3, -0.25) is 0 Å². The highest BCUT2D eigenvalue weighted by molar-refractivity contribution is 9.39. The van der Waals surface area contributed by atoms with Crippen molar-refractivity contribution in [3.8, 4) is 0 Å². The van der Waals surface area contributed by atoms with E-state index in [-0.39, 0.29) is 2.14 Å². The zero-order valence-electron chi connectivity index (χ0n) is 3.46. The van der Waals surface area contributed by atoms with Gasteiger partial charge in [-0.1, -0.05) is 60.4 Å². The van der Waals surface area contributed by atoms with Gasteiger partial charge in [0.25, 0.3) is 0 Å². The molecule has 0 spiro atoms. The van der Waals surface area contributed by atoms with Gasteiger partial charge >= 0.3 is 0 Å². The standard InChI is InChI=1S/C3H4Br3S/c4-3(5,6)1-2-7/h1-2H2. The smallest absolute Gasteiger partial charge is 0.0940 e. The molecule has 0 unspecified atom stereocenters. The van der Waals surface area contributed by atoms with Gasteiger partial charge in [-0.05, 0) is 6.42 Å². The molecule has 0 aromatic rings. The molecule has 1 radical (unpaired) electrons. The average molecular weight is 312 g/mol. The Hall–Kier alpha value is 1.79. The lowest BCUT2D eigenvalue weighted by atomic mass is 10.6. The molecule has 0 fully saturated rings. The van der Waals surface area contributed by atoms with Gasteiger partial charge in [0.1, 0.15) is 2.14 Å². The highest BCUT2D eigenvalue weighted by Crippen LogP contribution is 2.36. The van der Waals surface area contributed by atoms with Crippen LogP contribution < -0.4 is 0 Å². The van der Waals surface area contributed by atoms with Crippen LogP contribution in [0.3, 0.4) is 0 Å². The highest BCUT2D eigenvalue weighted by Gasteiger charge is 2.14. The van der Waals surface area contributed by atoms with Crippen LogP contribution in [0.25, 0.3) is 0 Å². The summed E-state index contributed by atoms with van der Waals surface area (Å²) in [5, 5.41) is 0. The SMILES string of the molecule is [S]CCC(Br)(Br)Br. The molecule has 0 aliphatic rings. The van der Waals surface area contributed by atoms with Gasteiger partial charge in [0.05, 0.1) is 0 Å². The molecule has 0 aromatic heterocycles. The first-order chi connectivity index (χ1) is 3.06. The zero-order chi connectivity index (χ0) is 5.91. The first-order valence-corrected chi connectivity index (χ1v) is 4.67. The van der Waals surface area contributed by atoms with E-state index >= 15 is 0 Å². The maximum absolute atomic E-state index is 4.71. The number of alkyl halides is 3. The van der Waals surface area contributed by atoms with Crippen LogP contribution in [-0.4, -0.2) is 7.90 Å². The molecule has 0 N–H and O–H groups in total. The molecule has 7 heavy (non-hydrogen) atoms. The number of hydrogen-bond donors (Lipinski definition) is 0. The summed E-state index contributed by atoms with van der Waals surface area (Å²) in [5.74, 6) is 0.752. The Morgan fingerprint density at radius 2 is 1.71 bits per heavy atom. The lowest BCUT2D eigenvalue weighted by molar-refractivity contribution is 1.07. The van der Waals surface area contributed by atoms with E-state index in [1.165, 1.54) is 0 Å². The molecular weight excluding hydrogens is 308 g/mol. The predicted molar refractivity (Wildman–Crippen MR) is 46.6 cm³/mol. The fourth-order valence-electron chi connectivity index (χ4n) is 0.116. The van der Waals surface area contributed by atoms with Crippen LogP contribution in [0.15, 0.2) is 0 Å². The number of hydrogen-bond acceptors (Lipinski definition) is 0. The number of rotatable bonds is 1. The third kappa shape index (κ3) is 7.79.